The summed E-state index contributed by atoms with van der Waals surface area (Å²) in [4.78, 5) is 4.52. The van der Waals surface area contributed by atoms with Crippen LogP contribution in [0.25, 0.3) is 0 Å². The van der Waals surface area contributed by atoms with Gasteiger partial charge in [-0.3, -0.25) is 0 Å². The summed E-state index contributed by atoms with van der Waals surface area (Å²) in [5.41, 5.74) is 2.38. The van der Waals surface area contributed by atoms with Crippen LogP contribution in [0, 0.1) is 5.82 Å². The lowest BCUT2D eigenvalue weighted by atomic mass is 9.96. The molecule has 0 saturated carbocycles. The number of hydrogen-bond donors (Lipinski definition) is 0. The highest BCUT2D eigenvalue weighted by Gasteiger charge is 2.28. The molecule has 1 atom stereocenters. The van der Waals surface area contributed by atoms with Crippen LogP contribution in [0.3, 0.4) is 0 Å². The fourth-order valence-electron chi connectivity index (χ4n) is 2.71. The average Bonchev–Trinajstić information content (AvgIpc) is 3.04. The van der Waals surface area contributed by atoms with Crippen molar-refractivity contribution in [2.75, 3.05) is 0 Å². The standard InChI is InChI=1S/C16H11BrFN5/c17-11-7-5-10(6-8-11)14-9-15(12-3-1-2-4-13(12)18)23-16(19-14)20-21-22-23/h1-8,15H,9H2. The first kappa shape index (κ1) is 14.2. The Kier molecular flexibility index (Phi) is 3.49. The largest absolute Gasteiger partial charge is 0.269 e. The van der Waals surface area contributed by atoms with E-state index in [1.54, 1.807) is 16.8 Å². The maximum Gasteiger partial charge on any atom is 0.269 e. The fourth-order valence-corrected chi connectivity index (χ4v) is 2.98. The molecule has 0 spiro atoms. The molecular weight excluding hydrogens is 361 g/mol. The second-order valence-corrected chi connectivity index (χ2v) is 6.15. The summed E-state index contributed by atoms with van der Waals surface area (Å²) < 4.78 is 16.8. The second-order valence-electron chi connectivity index (χ2n) is 5.23. The summed E-state index contributed by atoms with van der Waals surface area (Å²) in [6.45, 7) is 0. The van der Waals surface area contributed by atoms with Gasteiger partial charge in [-0.1, -0.05) is 51.4 Å². The van der Waals surface area contributed by atoms with E-state index in [1.807, 2.05) is 30.3 Å². The lowest BCUT2D eigenvalue weighted by molar-refractivity contribution is 0.486. The van der Waals surface area contributed by atoms with E-state index in [4.69, 9.17) is 0 Å². The number of nitrogens with zero attached hydrogens (tertiary/aromatic N) is 5. The van der Waals surface area contributed by atoms with Gasteiger partial charge in [-0.2, -0.15) is 0 Å². The van der Waals surface area contributed by atoms with Crippen molar-refractivity contribution in [2.24, 2.45) is 4.99 Å². The number of rotatable bonds is 2. The zero-order chi connectivity index (χ0) is 15.8. The molecule has 0 radical (unpaired) electrons. The number of tetrazole rings is 1. The molecule has 0 N–H and O–H groups in total. The molecule has 114 valence electrons. The van der Waals surface area contributed by atoms with Crippen LogP contribution in [0.2, 0.25) is 0 Å². The second kappa shape index (κ2) is 5.66. The highest BCUT2D eigenvalue weighted by Crippen LogP contribution is 2.32. The molecule has 2 aromatic carbocycles. The lowest BCUT2D eigenvalue weighted by Gasteiger charge is -2.23. The van der Waals surface area contributed by atoms with Crippen molar-refractivity contribution in [3.8, 4) is 0 Å². The van der Waals surface area contributed by atoms with Crippen LogP contribution in [0.4, 0.5) is 10.3 Å². The molecule has 0 bridgehead atoms. The van der Waals surface area contributed by atoms with Crippen LogP contribution in [0.15, 0.2) is 58.0 Å². The molecule has 4 rings (SSSR count). The van der Waals surface area contributed by atoms with E-state index in [2.05, 4.69) is 36.4 Å². The van der Waals surface area contributed by atoms with Gasteiger partial charge < -0.3 is 0 Å². The van der Waals surface area contributed by atoms with Crippen molar-refractivity contribution in [2.45, 2.75) is 12.5 Å². The molecule has 1 aliphatic heterocycles. The van der Waals surface area contributed by atoms with Gasteiger partial charge in [-0.15, -0.1) is 0 Å². The highest BCUT2D eigenvalue weighted by molar-refractivity contribution is 9.10. The third-order valence-electron chi connectivity index (χ3n) is 3.83. The summed E-state index contributed by atoms with van der Waals surface area (Å²) >= 11 is 3.42. The van der Waals surface area contributed by atoms with Crippen LogP contribution in [0.5, 0.6) is 0 Å². The average molecular weight is 372 g/mol. The smallest absolute Gasteiger partial charge is 0.214 e. The van der Waals surface area contributed by atoms with Gasteiger partial charge in [0.2, 0.25) is 0 Å². The van der Waals surface area contributed by atoms with Gasteiger partial charge in [-0.25, -0.2) is 14.1 Å². The minimum absolute atomic E-state index is 0.268. The number of hydrogen-bond acceptors (Lipinski definition) is 4. The first-order valence-electron chi connectivity index (χ1n) is 7.08. The number of halogens is 2. The van der Waals surface area contributed by atoms with Gasteiger partial charge in [0, 0.05) is 16.5 Å². The molecule has 0 aliphatic carbocycles. The zero-order valence-electron chi connectivity index (χ0n) is 11.9. The van der Waals surface area contributed by atoms with Gasteiger partial charge in [0.15, 0.2) is 0 Å². The molecule has 2 heterocycles. The Balaban J connectivity index is 1.81. The topological polar surface area (TPSA) is 56.0 Å². The van der Waals surface area contributed by atoms with E-state index < -0.39 is 0 Å². The quantitative estimate of drug-likeness (QED) is 0.690. The van der Waals surface area contributed by atoms with Crippen LogP contribution < -0.4 is 0 Å². The van der Waals surface area contributed by atoms with Crippen molar-refractivity contribution >= 4 is 27.6 Å². The van der Waals surface area contributed by atoms with Crippen molar-refractivity contribution < 1.29 is 4.39 Å². The Hall–Kier alpha value is -2.41. The number of aromatic nitrogens is 4. The predicted molar refractivity (Wildman–Crippen MR) is 87.3 cm³/mol. The molecule has 0 amide bonds. The van der Waals surface area contributed by atoms with E-state index in [-0.39, 0.29) is 11.9 Å². The highest BCUT2D eigenvalue weighted by atomic mass is 79.9. The molecule has 1 aromatic heterocycles. The van der Waals surface area contributed by atoms with E-state index >= 15 is 0 Å². The molecule has 23 heavy (non-hydrogen) atoms. The van der Waals surface area contributed by atoms with Crippen molar-refractivity contribution in [3.05, 3.63) is 69.9 Å². The Morgan fingerprint density at radius 3 is 2.65 bits per heavy atom. The van der Waals surface area contributed by atoms with Crippen LogP contribution in [-0.2, 0) is 0 Å². The third-order valence-corrected chi connectivity index (χ3v) is 4.36. The summed E-state index contributed by atoms with van der Waals surface area (Å²) in [5.74, 6) is 0.124. The van der Waals surface area contributed by atoms with Gasteiger partial charge in [-0.05, 0) is 34.2 Å². The first-order valence-corrected chi connectivity index (χ1v) is 7.87. The summed E-state index contributed by atoms with van der Waals surface area (Å²) in [5, 5.41) is 11.6. The molecular formula is C16H11BrFN5. The summed E-state index contributed by atoms with van der Waals surface area (Å²) in [6.07, 6.45) is 0.528. The zero-order valence-corrected chi connectivity index (χ0v) is 13.5. The van der Waals surface area contributed by atoms with Gasteiger partial charge in [0.1, 0.15) is 5.82 Å². The normalized spacial score (nSPS) is 16.8. The summed E-state index contributed by atoms with van der Waals surface area (Å²) in [7, 11) is 0. The Morgan fingerprint density at radius 2 is 1.87 bits per heavy atom. The minimum Gasteiger partial charge on any atom is -0.214 e. The van der Waals surface area contributed by atoms with Crippen molar-refractivity contribution in [1.29, 1.82) is 0 Å². The molecule has 0 fully saturated rings. The van der Waals surface area contributed by atoms with E-state index in [9.17, 15) is 4.39 Å². The SMILES string of the molecule is Fc1ccccc1C1CC(c2ccc(Br)cc2)=Nc2nnnn21. The maximum absolute atomic E-state index is 14.2. The Morgan fingerprint density at radius 1 is 1.09 bits per heavy atom. The molecule has 1 aliphatic rings. The molecule has 1 unspecified atom stereocenters. The van der Waals surface area contributed by atoms with Gasteiger partial charge in [0.05, 0.1) is 11.8 Å². The maximum atomic E-state index is 14.2. The van der Waals surface area contributed by atoms with Crippen LogP contribution >= 0.6 is 15.9 Å². The fraction of sp³-hybridized carbons (Fsp3) is 0.125. The predicted octanol–water partition coefficient (Wildman–Crippen LogP) is 3.69. The molecule has 5 nitrogen and oxygen atoms in total. The first-order chi connectivity index (χ1) is 11.2. The Labute approximate surface area is 140 Å². The third kappa shape index (κ3) is 2.57. The number of benzene rings is 2. The summed E-state index contributed by atoms with van der Waals surface area (Å²) in [6, 6.07) is 14.2. The van der Waals surface area contributed by atoms with E-state index in [0.29, 0.717) is 17.9 Å². The van der Waals surface area contributed by atoms with Crippen LogP contribution in [0.1, 0.15) is 23.6 Å². The van der Waals surface area contributed by atoms with Crippen molar-refractivity contribution in [3.63, 3.8) is 0 Å². The Bertz CT molecular complexity index is 887. The van der Waals surface area contributed by atoms with Crippen LogP contribution in [-0.4, -0.2) is 25.9 Å². The molecule has 7 heteroatoms. The number of aliphatic imine (C=N–C) groups is 1. The van der Waals surface area contributed by atoms with Gasteiger partial charge in [0.25, 0.3) is 5.95 Å². The van der Waals surface area contributed by atoms with E-state index in [1.165, 1.54) is 6.07 Å². The minimum atomic E-state index is -0.308. The lowest BCUT2D eigenvalue weighted by Crippen LogP contribution is -2.22. The van der Waals surface area contributed by atoms with Crippen molar-refractivity contribution in [1.82, 2.24) is 20.2 Å². The molecule has 3 aromatic rings. The monoisotopic (exact) mass is 371 g/mol. The van der Waals surface area contributed by atoms with Gasteiger partial charge >= 0.3 is 0 Å². The molecule has 0 saturated heterocycles. The number of fused-ring (bicyclic) bond motifs is 1. The van der Waals surface area contributed by atoms with E-state index in [0.717, 1.165) is 15.7 Å².